The van der Waals surface area contributed by atoms with Crippen molar-refractivity contribution >= 4 is 34.0 Å². The van der Waals surface area contributed by atoms with Gasteiger partial charge in [0.25, 0.3) is 0 Å². The number of nitrogens with one attached hydrogen (secondary N) is 1. The maximum absolute atomic E-state index is 14.2. The summed E-state index contributed by atoms with van der Waals surface area (Å²) >= 11 is 5.83. The second-order valence-corrected chi connectivity index (χ2v) is 7.81. The fraction of sp³-hybridized carbons (Fsp3) is 0.364. The van der Waals surface area contributed by atoms with E-state index in [-0.39, 0.29) is 12.3 Å². The molecule has 10 heteroatoms. The van der Waals surface area contributed by atoms with Crippen molar-refractivity contribution < 1.29 is 23.7 Å². The molecule has 0 amide bonds. The SMILES string of the molecule is COc1cc2c(Nc3ccc(Cl)cc3F)ncnc2cc1OCC(O)CN1CCOCC1. The lowest BCUT2D eigenvalue weighted by atomic mass is 10.2. The van der Waals surface area contributed by atoms with Gasteiger partial charge in [-0.3, -0.25) is 4.90 Å². The van der Waals surface area contributed by atoms with E-state index in [2.05, 4.69) is 20.2 Å². The minimum atomic E-state index is -0.663. The normalized spacial score (nSPS) is 15.5. The molecule has 1 aliphatic heterocycles. The van der Waals surface area contributed by atoms with Gasteiger partial charge in [-0.25, -0.2) is 14.4 Å². The molecule has 2 aromatic carbocycles. The molecule has 8 nitrogen and oxygen atoms in total. The number of ether oxygens (including phenoxy) is 3. The molecule has 4 rings (SSSR count). The number of nitrogens with zero attached hydrogens (tertiary/aromatic N) is 3. The summed E-state index contributed by atoms with van der Waals surface area (Å²) in [5, 5.41) is 14.3. The van der Waals surface area contributed by atoms with E-state index in [9.17, 15) is 9.50 Å². The minimum Gasteiger partial charge on any atom is -0.493 e. The average molecular weight is 463 g/mol. The van der Waals surface area contributed by atoms with Crippen LogP contribution in [-0.2, 0) is 4.74 Å². The molecule has 170 valence electrons. The monoisotopic (exact) mass is 462 g/mol. The summed E-state index contributed by atoms with van der Waals surface area (Å²) in [5.41, 5.74) is 0.815. The van der Waals surface area contributed by atoms with E-state index < -0.39 is 11.9 Å². The van der Waals surface area contributed by atoms with Gasteiger partial charge in [0.1, 0.15) is 30.7 Å². The number of β-amino-alcohol motifs (C(OH)–C–C–N with tert-alkyl or cyclic N) is 1. The van der Waals surface area contributed by atoms with Crippen LogP contribution in [-0.4, -0.2) is 72.6 Å². The first-order chi connectivity index (χ1) is 15.5. The molecule has 1 aliphatic rings. The van der Waals surface area contributed by atoms with Crippen LogP contribution >= 0.6 is 11.6 Å². The Morgan fingerprint density at radius 3 is 2.78 bits per heavy atom. The minimum absolute atomic E-state index is 0.103. The summed E-state index contributed by atoms with van der Waals surface area (Å²) in [6.45, 7) is 3.52. The Balaban J connectivity index is 1.52. The third kappa shape index (κ3) is 5.36. The molecule has 0 bridgehead atoms. The number of hydrogen-bond donors (Lipinski definition) is 2. The number of hydrogen-bond acceptors (Lipinski definition) is 8. The highest BCUT2D eigenvalue weighted by Crippen LogP contribution is 2.35. The molecule has 2 heterocycles. The molecule has 1 fully saturated rings. The quantitative estimate of drug-likeness (QED) is 0.527. The topological polar surface area (TPSA) is 89.0 Å². The van der Waals surface area contributed by atoms with Crippen molar-refractivity contribution in [1.29, 1.82) is 0 Å². The van der Waals surface area contributed by atoms with Crippen LogP contribution in [0.4, 0.5) is 15.9 Å². The van der Waals surface area contributed by atoms with Gasteiger partial charge in [-0.05, 0) is 24.3 Å². The fourth-order valence-corrected chi connectivity index (χ4v) is 3.63. The zero-order valence-electron chi connectivity index (χ0n) is 17.6. The Morgan fingerprint density at radius 1 is 1.22 bits per heavy atom. The molecule has 1 unspecified atom stereocenters. The van der Waals surface area contributed by atoms with E-state index in [1.807, 2.05) is 0 Å². The van der Waals surface area contributed by atoms with Crippen molar-refractivity contribution in [2.75, 3.05) is 51.9 Å². The van der Waals surface area contributed by atoms with E-state index in [4.69, 9.17) is 25.8 Å². The van der Waals surface area contributed by atoms with Crippen molar-refractivity contribution in [3.63, 3.8) is 0 Å². The molecule has 32 heavy (non-hydrogen) atoms. The first-order valence-electron chi connectivity index (χ1n) is 10.2. The summed E-state index contributed by atoms with van der Waals surface area (Å²) in [7, 11) is 1.52. The maximum atomic E-state index is 14.2. The molecule has 1 saturated heterocycles. The van der Waals surface area contributed by atoms with E-state index in [0.717, 1.165) is 13.1 Å². The molecule has 0 saturated carbocycles. The van der Waals surface area contributed by atoms with Crippen molar-refractivity contribution in [2.45, 2.75) is 6.10 Å². The number of methoxy groups -OCH3 is 1. The molecular weight excluding hydrogens is 439 g/mol. The van der Waals surface area contributed by atoms with Crippen LogP contribution in [0.3, 0.4) is 0 Å². The van der Waals surface area contributed by atoms with Gasteiger partial charge in [-0.1, -0.05) is 11.6 Å². The Morgan fingerprint density at radius 2 is 2.03 bits per heavy atom. The summed E-state index contributed by atoms with van der Waals surface area (Å²) in [6, 6.07) is 7.78. The maximum Gasteiger partial charge on any atom is 0.163 e. The van der Waals surface area contributed by atoms with Gasteiger partial charge in [-0.15, -0.1) is 0 Å². The number of rotatable bonds is 8. The van der Waals surface area contributed by atoms with Crippen LogP contribution in [0.1, 0.15) is 0 Å². The lowest BCUT2D eigenvalue weighted by molar-refractivity contribution is 0.00446. The molecule has 1 aromatic heterocycles. The summed E-state index contributed by atoms with van der Waals surface area (Å²) in [6.07, 6.45) is 0.714. The van der Waals surface area contributed by atoms with E-state index in [1.54, 1.807) is 18.2 Å². The molecule has 1 atom stereocenters. The summed E-state index contributed by atoms with van der Waals surface area (Å²) < 4.78 is 30.9. The number of aliphatic hydroxyl groups excluding tert-OH is 1. The summed E-state index contributed by atoms with van der Waals surface area (Å²) in [5.74, 6) is 0.813. The van der Waals surface area contributed by atoms with E-state index >= 15 is 0 Å². The van der Waals surface area contributed by atoms with Gasteiger partial charge < -0.3 is 24.6 Å². The van der Waals surface area contributed by atoms with Gasteiger partial charge in [0.15, 0.2) is 11.5 Å². The molecule has 3 aromatic rings. The van der Waals surface area contributed by atoms with Crippen LogP contribution in [0.25, 0.3) is 10.9 Å². The second-order valence-electron chi connectivity index (χ2n) is 7.37. The lowest BCUT2D eigenvalue weighted by Gasteiger charge is -2.28. The number of anilines is 2. The number of fused-ring (bicyclic) bond motifs is 1. The molecule has 0 aliphatic carbocycles. The Kier molecular flexibility index (Phi) is 7.21. The highest BCUT2D eigenvalue weighted by atomic mass is 35.5. The van der Waals surface area contributed by atoms with Crippen molar-refractivity contribution in [2.24, 2.45) is 0 Å². The van der Waals surface area contributed by atoms with Gasteiger partial charge in [0.05, 0.1) is 31.5 Å². The smallest absolute Gasteiger partial charge is 0.163 e. The van der Waals surface area contributed by atoms with Crippen molar-refractivity contribution in [1.82, 2.24) is 14.9 Å². The first kappa shape index (κ1) is 22.5. The third-order valence-electron chi connectivity index (χ3n) is 5.11. The third-order valence-corrected chi connectivity index (χ3v) is 5.34. The van der Waals surface area contributed by atoms with E-state index in [0.29, 0.717) is 53.0 Å². The number of aliphatic hydroxyl groups is 1. The summed E-state index contributed by atoms with van der Waals surface area (Å²) in [4.78, 5) is 10.7. The molecule has 2 N–H and O–H groups in total. The molecule has 0 spiro atoms. The Labute approximate surface area is 189 Å². The predicted octanol–water partition coefficient (Wildman–Crippen LogP) is 3.25. The van der Waals surface area contributed by atoms with E-state index in [1.165, 1.54) is 25.6 Å². The fourth-order valence-electron chi connectivity index (χ4n) is 3.47. The van der Waals surface area contributed by atoms with Crippen LogP contribution < -0.4 is 14.8 Å². The number of benzene rings is 2. The van der Waals surface area contributed by atoms with Gasteiger partial charge in [0.2, 0.25) is 0 Å². The number of morpholine rings is 1. The van der Waals surface area contributed by atoms with Crippen LogP contribution in [0.2, 0.25) is 5.02 Å². The average Bonchev–Trinajstić information content (AvgIpc) is 2.79. The molecular formula is C22H24ClFN4O4. The zero-order valence-corrected chi connectivity index (χ0v) is 18.3. The standard InChI is InChI=1S/C22H24ClFN4O4/c1-30-20-9-16-19(10-21(20)32-12-15(29)11-28-4-6-31-7-5-28)25-13-26-22(16)27-18-3-2-14(23)8-17(18)24/h2-3,8-10,13,15,29H,4-7,11-12H2,1H3,(H,25,26,27). The first-order valence-corrected chi connectivity index (χ1v) is 10.6. The zero-order chi connectivity index (χ0) is 22.5. The highest BCUT2D eigenvalue weighted by molar-refractivity contribution is 6.30. The van der Waals surface area contributed by atoms with Gasteiger partial charge in [-0.2, -0.15) is 0 Å². The Hall–Kier alpha value is -2.72. The second kappa shape index (κ2) is 10.3. The van der Waals surface area contributed by atoms with Crippen LogP contribution in [0, 0.1) is 5.82 Å². The van der Waals surface area contributed by atoms with Crippen molar-refractivity contribution in [3.8, 4) is 11.5 Å². The van der Waals surface area contributed by atoms with Crippen molar-refractivity contribution in [3.05, 3.63) is 47.5 Å². The Bertz CT molecular complexity index is 1080. The number of aromatic nitrogens is 2. The van der Waals surface area contributed by atoms with Crippen LogP contribution in [0.5, 0.6) is 11.5 Å². The van der Waals surface area contributed by atoms with Crippen LogP contribution in [0.15, 0.2) is 36.7 Å². The van der Waals surface area contributed by atoms with Gasteiger partial charge >= 0.3 is 0 Å². The predicted molar refractivity (Wildman–Crippen MR) is 120 cm³/mol. The lowest BCUT2D eigenvalue weighted by Crippen LogP contribution is -2.42. The van der Waals surface area contributed by atoms with Gasteiger partial charge in [0, 0.05) is 36.1 Å². The largest absolute Gasteiger partial charge is 0.493 e. The highest BCUT2D eigenvalue weighted by Gasteiger charge is 2.17. The molecule has 0 radical (unpaired) electrons. The number of halogens is 2.